The van der Waals surface area contributed by atoms with Crippen LogP contribution in [0.25, 0.3) is 0 Å². The first-order valence-corrected chi connectivity index (χ1v) is 10.2. The molecular formula is C18H32IN3O2S. The summed E-state index contributed by atoms with van der Waals surface area (Å²) in [5.74, 6) is 0.705. The Morgan fingerprint density at radius 1 is 1.08 bits per heavy atom. The number of nitrogens with one attached hydrogen (secondary N) is 2. The van der Waals surface area contributed by atoms with E-state index in [0.29, 0.717) is 17.4 Å². The molecule has 2 N–H and O–H groups in total. The highest BCUT2D eigenvalue weighted by molar-refractivity contribution is 14.0. The van der Waals surface area contributed by atoms with E-state index in [1.54, 1.807) is 12.1 Å². The van der Waals surface area contributed by atoms with Crippen molar-refractivity contribution in [1.82, 2.24) is 10.6 Å². The van der Waals surface area contributed by atoms with Crippen LogP contribution in [0.15, 0.2) is 34.2 Å². The fourth-order valence-corrected chi connectivity index (χ4v) is 3.31. The van der Waals surface area contributed by atoms with Crippen molar-refractivity contribution < 1.29 is 8.42 Å². The lowest BCUT2D eigenvalue weighted by molar-refractivity contribution is 0.586. The lowest BCUT2D eigenvalue weighted by Crippen LogP contribution is -2.39. The number of halogens is 1. The van der Waals surface area contributed by atoms with E-state index in [1.807, 2.05) is 19.1 Å². The van der Waals surface area contributed by atoms with Crippen LogP contribution >= 0.6 is 24.0 Å². The van der Waals surface area contributed by atoms with Crippen LogP contribution in [0.3, 0.4) is 0 Å². The number of hydrogen-bond donors (Lipinski definition) is 2. The maximum absolute atomic E-state index is 12.4. The van der Waals surface area contributed by atoms with Gasteiger partial charge in [0.15, 0.2) is 15.8 Å². The summed E-state index contributed by atoms with van der Waals surface area (Å²) in [6.07, 6.45) is 0.953. The quantitative estimate of drug-likeness (QED) is 0.356. The summed E-state index contributed by atoms with van der Waals surface area (Å²) in [4.78, 5) is 4.73. The Hall–Kier alpha value is -0.830. The number of nitrogens with zero attached hydrogens (tertiary/aromatic N) is 1. The first-order chi connectivity index (χ1) is 11.2. The predicted molar refractivity (Wildman–Crippen MR) is 117 cm³/mol. The highest BCUT2D eigenvalue weighted by Crippen LogP contribution is 2.23. The van der Waals surface area contributed by atoms with E-state index in [1.165, 1.54) is 0 Å². The Bertz CT molecular complexity index is 635. The normalized spacial score (nSPS) is 12.4. The molecule has 0 aliphatic heterocycles. The van der Waals surface area contributed by atoms with Crippen molar-refractivity contribution in [3.63, 3.8) is 0 Å². The Balaban J connectivity index is 0.00000576. The average Bonchev–Trinajstić information content (AvgIpc) is 2.51. The number of sulfone groups is 1. The van der Waals surface area contributed by atoms with Gasteiger partial charge < -0.3 is 10.6 Å². The second-order valence-electron chi connectivity index (χ2n) is 6.78. The minimum absolute atomic E-state index is 0. The number of rotatable bonds is 7. The summed E-state index contributed by atoms with van der Waals surface area (Å²) in [6.45, 7) is 12.2. The van der Waals surface area contributed by atoms with Gasteiger partial charge >= 0.3 is 0 Å². The van der Waals surface area contributed by atoms with Gasteiger partial charge in [-0.05, 0) is 36.5 Å². The van der Waals surface area contributed by atoms with Crippen LogP contribution in [-0.2, 0) is 15.3 Å². The first kappa shape index (κ1) is 24.2. The summed E-state index contributed by atoms with van der Waals surface area (Å²) in [6, 6.07) is 7.19. The topological polar surface area (TPSA) is 70.6 Å². The molecule has 7 heteroatoms. The Kier molecular flexibility index (Phi) is 10.6. The second kappa shape index (κ2) is 11.0. The molecule has 0 saturated carbocycles. The number of aliphatic imine (C=N–C) groups is 1. The molecule has 144 valence electrons. The molecule has 25 heavy (non-hydrogen) atoms. The van der Waals surface area contributed by atoms with Crippen LogP contribution in [0.2, 0.25) is 0 Å². The van der Waals surface area contributed by atoms with E-state index in [-0.39, 0.29) is 35.1 Å². The maximum atomic E-state index is 12.4. The Morgan fingerprint density at radius 2 is 1.68 bits per heavy atom. The van der Waals surface area contributed by atoms with Crippen molar-refractivity contribution in [2.75, 3.05) is 25.4 Å². The molecule has 0 heterocycles. The van der Waals surface area contributed by atoms with Gasteiger partial charge in [0, 0.05) is 19.6 Å². The number of hydrogen-bond acceptors (Lipinski definition) is 3. The molecule has 1 aromatic carbocycles. The van der Waals surface area contributed by atoms with Gasteiger partial charge in [-0.25, -0.2) is 8.42 Å². The Labute approximate surface area is 170 Å². The van der Waals surface area contributed by atoms with Gasteiger partial charge in [-0.3, -0.25) is 4.99 Å². The van der Waals surface area contributed by atoms with Crippen molar-refractivity contribution in [3.8, 4) is 0 Å². The van der Waals surface area contributed by atoms with Crippen LogP contribution in [0.1, 0.15) is 46.6 Å². The summed E-state index contributed by atoms with van der Waals surface area (Å²) in [5.41, 5.74) is 1.14. The van der Waals surface area contributed by atoms with E-state index >= 15 is 0 Å². The summed E-state index contributed by atoms with van der Waals surface area (Å²) >= 11 is 0. The number of guanidine groups is 1. The molecule has 0 spiro atoms. The minimum atomic E-state index is -3.30. The summed E-state index contributed by atoms with van der Waals surface area (Å²) in [7, 11) is -3.30. The van der Waals surface area contributed by atoms with Gasteiger partial charge in [0.1, 0.15) is 0 Å². The van der Waals surface area contributed by atoms with Crippen molar-refractivity contribution in [1.29, 1.82) is 0 Å². The highest BCUT2D eigenvalue weighted by Gasteiger charge is 2.17. The van der Waals surface area contributed by atoms with Crippen LogP contribution in [0.4, 0.5) is 0 Å². The van der Waals surface area contributed by atoms with Crippen LogP contribution in [0, 0.1) is 0 Å². The zero-order valence-corrected chi connectivity index (χ0v) is 19.1. The molecular weight excluding hydrogens is 449 g/mol. The highest BCUT2D eigenvalue weighted by atomic mass is 127. The minimum Gasteiger partial charge on any atom is -0.357 e. The third-order valence-electron chi connectivity index (χ3n) is 3.58. The van der Waals surface area contributed by atoms with E-state index in [4.69, 9.17) is 0 Å². The van der Waals surface area contributed by atoms with Crippen LogP contribution in [-0.4, -0.2) is 39.8 Å². The third kappa shape index (κ3) is 8.40. The van der Waals surface area contributed by atoms with E-state index in [0.717, 1.165) is 25.1 Å². The molecule has 0 fully saturated rings. The molecule has 0 aliphatic rings. The maximum Gasteiger partial charge on any atom is 0.191 e. The lowest BCUT2D eigenvalue weighted by Gasteiger charge is -2.19. The van der Waals surface area contributed by atoms with Crippen molar-refractivity contribution in [2.24, 2.45) is 4.99 Å². The zero-order valence-electron chi connectivity index (χ0n) is 15.9. The van der Waals surface area contributed by atoms with Gasteiger partial charge in [-0.2, -0.15) is 0 Å². The van der Waals surface area contributed by atoms with Gasteiger partial charge in [-0.15, -0.1) is 24.0 Å². The second-order valence-corrected chi connectivity index (χ2v) is 8.89. The molecule has 0 saturated heterocycles. The zero-order chi connectivity index (χ0) is 18.2. The van der Waals surface area contributed by atoms with E-state index < -0.39 is 9.84 Å². The molecule has 0 aromatic heterocycles. The van der Waals surface area contributed by atoms with E-state index in [2.05, 4.69) is 43.3 Å². The van der Waals surface area contributed by atoms with E-state index in [9.17, 15) is 8.42 Å². The van der Waals surface area contributed by atoms with Gasteiger partial charge in [-0.1, -0.05) is 39.8 Å². The fraction of sp³-hybridized carbons (Fsp3) is 0.611. The molecule has 5 nitrogen and oxygen atoms in total. The smallest absolute Gasteiger partial charge is 0.191 e. The summed E-state index contributed by atoms with van der Waals surface area (Å²) < 4.78 is 24.9. The SMILES string of the molecule is CCCN=C(NCC)NCCS(=O)(=O)c1ccc(C(C)(C)C)cc1.I. The number of benzene rings is 1. The molecule has 1 aromatic rings. The average molecular weight is 481 g/mol. The van der Waals surface area contributed by atoms with Crippen molar-refractivity contribution in [2.45, 2.75) is 51.3 Å². The molecule has 0 atom stereocenters. The summed E-state index contributed by atoms with van der Waals surface area (Å²) in [5, 5.41) is 6.19. The first-order valence-electron chi connectivity index (χ1n) is 8.56. The molecule has 0 radical (unpaired) electrons. The van der Waals surface area contributed by atoms with Crippen molar-refractivity contribution >= 4 is 39.8 Å². The van der Waals surface area contributed by atoms with Gasteiger partial charge in [0.05, 0.1) is 10.6 Å². The molecule has 0 aliphatic carbocycles. The molecule has 0 bridgehead atoms. The van der Waals surface area contributed by atoms with Crippen LogP contribution < -0.4 is 10.6 Å². The fourth-order valence-electron chi connectivity index (χ4n) is 2.15. The molecule has 0 unspecified atom stereocenters. The monoisotopic (exact) mass is 481 g/mol. The Morgan fingerprint density at radius 3 is 2.16 bits per heavy atom. The lowest BCUT2D eigenvalue weighted by atomic mass is 9.87. The third-order valence-corrected chi connectivity index (χ3v) is 5.31. The predicted octanol–water partition coefficient (Wildman–Crippen LogP) is 3.34. The molecule has 1 rings (SSSR count). The van der Waals surface area contributed by atoms with Gasteiger partial charge in [0.25, 0.3) is 0 Å². The standard InChI is InChI=1S/C18H31N3O2S.HI/c1-6-12-20-17(19-7-2)21-13-14-24(22,23)16-10-8-15(9-11-16)18(3,4)5;/h8-11H,6-7,12-14H2,1-5H3,(H2,19,20,21);1H. The van der Waals surface area contributed by atoms with Gasteiger partial charge in [0.2, 0.25) is 0 Å². The van der Waals surface area contributed by atoms with Crippen LogP contribution in [0.5, 0.6) is 0 Å². The molecule has 0 amide bonds. The van der Waals surface area contributed by atoms with Crippen molar-refractivity contribution in [3.05, 3.63) is 29.8 Å². The largest absolute Gasteiger partial charge is 0.357 e.